The molecule has 6 heteroatoms. The molecule has 2 amide bonds. The van der Waals surface area contributed by atoms with Gasteiger partial charge in [0.1, 0.15) is 6.21 Å². The zero-order valence-corrected chi connectivity index (χ0v) is 16.1. The summed E-state index contributed by atoms with van der Waals surface area (Å²) in [6, 6.07) is 13.3. The number of amides is 2. The van der Waals surface area contributed by atoms with Crippen LogP contribution in [0.2, 0.25) is 0 Å². The molecule has 0 atom stereocenters. The lowest BCUT2D eigenvalue weighted by molar-refractivity contribution is -0.120. The summed E-state index contributed by atoms with van der Waals surface area (Å²) in [6.07, 6.45) is 1.01. The molecule has 0 aliphatic heterocycles. The smallest absolute Gasteiger partial charge is 0.270 e. The van der Waals surface area contributed by atoms with Crippen LogP contribution in [-0.2, 0) is 14.4 Å². The Morgan fingerprint density at radius 3 is 2.52 bits per heavy atom. The molecule has 0 saturated carbocycles. The molecule has 0 heterocycles. The van der Waals surface area contributed by atoms with E-state index in [-0.39, 0.29) is 18.4 Å². The Morgan fingerprint density at radius 2 is 1.81 bits per heavy atom. The maximum absolute atomic E-state index is 12.0. The van der Waals surface area contributed by atoms with Crippen molar-refractivity contribution < 1.29 is 14.4 Å². The Kier molecular flexibility index (Phi) is 7.11. The van der Waals surface area contributed by atoms with Crippen LogP contribution in [0.15, 0.2) is 47.6 Å². The minimum atomic E-state index is -0.424. The highest BCUT2D eigenvalue weighted by molar-refractivity contribution is 6.31. The molecule has 0 saturated heterocycles. The molecular weight excluding hydrogens is 342 g/mol. The van der Waals surface area contributed by atoms with Crippen LogP contribution in [0.3, 0.4) is 0 Å². The zero-order valence-electron chi connectivity index (χ0n) is 16.1. The number of carbonyl (C=O) groups excluding carboxylic acids is 2. The van der Waals surface area contributed by atoms with E-state index in [4.69, 9.17) is 4.84 Å². The maximum atomic E-state index is 12.0. The van der Waals surface area contributed by atoms with E-state index in [2.05, 4.69) is 29.6 Å². The minimum Gasteiger partial charge on any atom is -0.385 e. The van der Waals surface area contributed by atoms with Crippen LogP contribution in [0.4, 0.5) is 11.4 Å². The predicted molar refractivity (Wildman–Crippen MR) is 108 cm³/mol. The largest absolute Gasteiger partial charge is 0.385 e. The topological polar surface area (TPSA) is 79.8 Å². The van der Waals surface area contributed by atoms with Gasteiger partial charge in [-0.3, -0.25) is 9.59 Å². The average molecular weight is 367 g/mol. The summed E-state index contributed by atoms with van der Waals surface area (Å²) in [5.74, 6) is -0.475. The van der Waals surface area contributed by atoms with E-state index in [1.807, 2.05) is 56.3 Å². The number of benzene rings is 2. The van der Waals surface area contributed by atoms with E-state index in [0.29, 0.717) is 5.69 Å². The summed E-state index contributed by atoms with van der Waals surface area (Å²) in [5.41, 5.74) is 4.58. The Bertz CT molecular complexity index is 844. The first-order chi connectivity index (χ1) is 12.9. The summed E-state index contributed by atoms with van der Waals surface area (Å²) in [4.78, 5) is 28.8. The molecule has 0 unspecified atom stereocenters. The first-order valence-corrected chi connectivity index (χ1v) is 8.79. The molecule has 2 aromatic carbocycles. The van der Waals surface area contributed by atoms with Gasteiger partial charge in [0.15, 0.2) is 6.61 Å². The second-order valence-corrected chi connectivity index (χ2v) is 6.61. The molecule has 27 heavy (non-hydrogen) atoms. The third-order valence-corrected chi connectivity index (χ3v) is 3.94. The summed E-state index contributed by atoms with van der Waals surface area (Å²) in [5, 5.41) is 9.07. The van der Waals surface area contributed by atoms with Crippen molar-refractivity contribution in [1.29, 1.82) is 0 Å². The van der Waals surface area contributed by atoms with Crippen molar-refractivity contribution in [3.8, 4) is 0 Å². The Balaban J connectivity index is 1.81. The molecule has 142 valence electrons. The van der Waals surface area contributed by atoms with Crippen LogP contribution in [0.1, 0.15) is 36.5 Å². The van der Waals surface area contributed by atoms with Crippen LogP contribution >= 0.6 is 0 Å². The van der Waals surface area contributed by atoms with Gasteiger partial charge in [0, 0.05) is 11.4 Å². The van der Waals surface area contributed by atoms with E-state index in [1.165, 1.54) is 0 Å². The fourth-order valence-corrected chi connectivity index (χ4v) is 2.60. The standard InChI is InChI=1S/C21H25N3O3/c1-14(2)17-7-5-6-8-19(17)24-21(26)13-27-22-12-20(25)23-18-10-9-15(3)11-16(18)4/h5-12,14H,13H2,1-4H3,(H,23,25)(H,24,26)/b22-12-. The van der Waals surface area contributed by atoms with Crippen molar-refractivity contribution in [1.82, 2.24) is 0 Å². The van der Waals surface area contributed by atoms with Crippen molar-refractivity contribution in [2.45, 2.75) is 33.6 Å². The van der Waals surface area contributed by atoms with Gasteiger partial charge < -0.3 is 15.5 Å². The molecule has 0 aliphatic rings. The van der Waals surface area contributed by atoms with E-state index >= 15 is 0 Å². The number of hydrogen-bond acceptors (Lipinski definition) is 4. The molecule has 0 aliphatic carbocycles. The molecule has 2 rings (SSSR count). The number of nitrogens with one attached hydrogen (secondary N) is 2. The third-order valence-electron chi connectivity index (χ3n) is 3.94. The maximum Gasteiger partial charge on any atom is 0.270 e. The Morgan fingerprint density at radius 1 is 1.07 bits per heavy atom. The van der Waals surface area contributed by atoms with Gasteiger partial charge >= 0.3 is 0 Å². The number of oxime groups is 1. The summed E-state index contributed by atoms with van der Waals surface area (Å²) in [7, 11) is 0. The first-order valence-electron chi connectivity index (χ1n) is 8.79. The number of aryl methyl sites for hydroxylation is 2. The summed E-state index contributed by atoms with van der Waals surface area (Å²) in [6.45, 7) is 7.73. The second-order valence-electron chi connectivity index (χ2n) is 6.61. The van der Waals surface area contributed by atoms with E-state index < -0.39 is 5.91 Å². The number of carbonyl (C=O) groups is 2. The van der Waals surface area contributed by atoms with Crippen LogP contribution in [0.25, 0.3) is 0 Å². The lowest BCUT2D eigenvalue weighted by Crippen LogP contribution is -2.19. The molecular formula is C21H25N3O3. The number of nitrogens with zero attached hydrogens (tertiary/aromatic N) is 1. The van der Waals surface area contributed by atoms with Crippen LogP contribution in [0, 0.1) is 13.8 Å². The van der Waals surface area contributed by atoms with Gasteiger partial charge in [-0.05, 0) is 43.0 Å². The van der Waals surface area contributed by atoms with Gasteiger partial charge in [-0.2, -0.15) is 0 Å². The highest BCUT2D eigenvalue weighted by Gasteiger charge is 2.09. The van der Waals surface area contributed by atoms with Gasteiger partial charge in [-0.15, -0.1) is 0 Å². The molecule has 2 aromatic rings. The van der Waals surface area contributed by atoms with E-state index in [0.717, 1.165) is 28.6 Å². The normalized spacial score (nSPS) is 10.9. The number of rotatable bonds is 7. The highest BCUT2D eigenvalue weighted by atomic mass is 16.6. The van der Waals surface area contributed by atoms with Crippen molar-refractivity contribution in [3.63, 3.8) is 0 Å². The molecule has 0 bridgehead atoms. The number of hydrogen-bond donors (Lipinski definition) is 2. The van der Waals surface area contributed by atoms with Crippen LogP contribution in [-0.4, -0.2) is 24.6 Å². The van der Waals surface area contributed by atoms with Gasteiger partial charge in [0.05, 0.1) is 0 Å². The molecule has 0 spiro atoms. The lowest BCUT2D eigenvalue weighted by atomic mass is 10.0. The zero-order chi connectivity index (χ0) is 19.8. The van der Waals surface area contributed by atoms with Gasteiger partial charge in [-0.25, -0.2) is 0 Å². The summed E-state index contributed by atoms with van der Waals surface area (Å²) < 4.78 is 0. The van der Waals surface area contributed by atoms with Crippen molar-refractivity contribution in [3.05, 3.63) is 59.2 Å². The average Bonchev–Trinajstić information content (AvgIpc) is 2.61. The minimum absolute atomic E-state index is 0.278. The van der Waals surface area contributed by atoms with Gasteiger partial charge in [-0.1, -0.05) is 54.9 Å². The van der Waals surface area contributed by atoms with E-state index in [9.17, 15) is 9.59 Å². The quantitative estimate of drug-likeness (QED) is 0.573. The third kappa shape index (κ3) is 6.26. The van der Waals surface area contributed by atoms with Crippen molar-refractivity contribution >= 4 is 29.4 Å². The molecule has 0 aromatic heterocycles. The van der Waals surface area contributed by atoms with Gasteiger partial charge in [0.2, 0.25) is 0 Å². The van der Waals surface area contributed by atoms with Crippen LogP contribution in [0.5, 0.6) is 0 Å². The molecule has 0 radical (unpaired) electrons. The lowest BCUT2D eigenvalue weighted by Gasteiger charge is -2.13. The fourth-order valence-electron chi connectivity index (χ4n) is 2.60. The van der Waals surface area contributed by atoms with E-state index in [1.54, 1.807) is 0 Å². The van der Waals surface area contributed by atoms with Crippen molar-refractivity contribution in [2.75, 3.05) is 17.2 Å². The SMILES string of the molecule is Cc1ccc(NC(=O)/C=N\OCC(=O)Nc2ccccc2C(C)C)c(C)c1. The Labute approximate surface area is 159 Å². The monoisotopic (exact) mass is 367 g/mol. The first kappa shape index (κ1) is 20.2. The second kappa shape index (κ2) is 9.52. The molecule has 6 nitrogen and oxygen atoms in total. The van der Waals surface area contributed by atoms with Crippen LogP contribution < -0.4 is 10.6 Å². The van der Waals surface area contributed by atoms with Gasteiger partial charge in [0.25, 0.3) is 11.8 Å². The van der Waals surface area contributed by atoms with Crippen molar-refractivity contribution in [2.24, 2.45) is 5.16 Å². The number of anilines is 2. The Hall–Kier alpha value is -3.15. The molecule has 2 N–H and O–H groups in total. The number of para-hydroxylation sites is 1. The fraction of sp³-hybridized carbons (Fsp3) is 0.286. The molecule has 0 fully saturated rings. The highest BCUT2D eigenvalue weighted by Crippen LogP contribution is 2.23. The summed E-state index contributed by atoms with van der Waals surface area (Å²) >= 11 is 0. The predicted octanol–water partition coefficient (Wildman–Crippen LogP) is 4.01.